The molecule has 164 valence electrons. The highest BCUT2D eigenvalue weighted by Crippen LogP contribution is 2.31. The maximum absolute atomic E-state index is 14.6. The molecule has 0 radical (unpaired) electrons. The number of aromatic hydroxyl groups is 1. The summed E-state index contributed by atoms with van der Waals surface area (Å²) in [4.78, 5) is 0. The predicted octanol–water partition coefficient (Wildman–Crippen LogP) is 5.41. The van der Waals surface area contributed by atoms with Crippen LogP contribution in [-0.2, 0) is 0 Å². The lowest BCUT2D eigenvalue weighted by atomic mass is 9.92. The summed E-state index contributed by atoms with van der Waals surface area (Å²) in [5.41, 5.74) is 3.75. The molecule has 3 rings (SSSR count). The minimum absolute atomic E-state index is 0.158. The summed E-state index contributed by atoms with van der Waals surface area (Å²) in [5, 5.41) is 22.9. The Morgan fingerprint density at radius 2 is 1.68 bits per heavy atom. The van der Waals surface area contributed by atoms with E-state index in [0.717, 1.165) is 11.1 Å². The number of ether oxygens (including phenoxy) is 1. The van der Waals surface area contributed by atoms with Crippen molar-refractivity contribution in [3.63, 3.8) is 0 Å². The van der Waals surface area contributed by atoms with Gasteiger partial charge in [-0.3, -0.25) is 0 Å². The standard InChI is InChI=1S/C26H30FNO3/c1-17(2)22-6-4-5-7-23(22)20-10-13-25(24(27)16-20)31-15-14-28-18(3)26(30)19-8-11-21(29)12-9-19/h4-13,16-18,26,28-30H,14-15H2,1-3H3/t18-,26-/m1/s1. The first kappa shape index (κ1) is 22.8. The minimum atomic E-state index is -0.724. The molecule has 0 aliphatic rings. The van der Waals surface area contributed by atoms with Crippen molar-refractivity contribution in [3.05, 3.63) is 83.7 Å². The van der Waals surface area contributed by atoms with E-state index in [1.54, 1.807) is 30.3 Å². The Labute approximate surface area is 183 Å². The molecular formula is C26H30FNO3. The van der Waals surface area contributed by atoms with Crippen LogP contribution in [0.3, 0.4) is 0 Å². The van der Waals surface area contributed by atoms with Crippen molar-refractivity contribution in [2.24, 2.45) is 0 Å². The van der Waals surface area contributed by atoms with Gasteiger partial charge in [0, 0.05) is 12.6 Å². The molecule has 0 aliphatic carbocycles. The van der Waals surface area contributed by atoms with Crippen molar-refractivity contribution in [2.45, 2.75) is 38.8 Å². The van der Waals surface area contributed by atoms with E-state index in [9.17, 15) is 14.6 Å². The van der Waals surface area contributed by atoms with Crippen LogP contribution in [0.25, 0.3) is 11.1 Å². The summed E-state index contributed by atoms with van der Waals surface area (Å²) in [7, 11) is 0. The highest BCUT2D eigenvalue weighted by atomic mass is 19.1. The fourth-order valence-electron chi connectivity index (χ4n) is 3.57. The maximum Gasteiger partial charge on any atom is 0.165 e. The second-order valence-electron chi connectivity index (χ2n) is 8.01. The fourth-order valence-corrected chi connectivity index (χ4v) is 3.57. The molecule has 31 heavy (non-hydrogen) atoms. The smallest absolute Gasteiger partial charge is 0.165 e. The lowest BCUT2D eigenvalue weighted by Crippen LogP contribution is -2.35. The zero-order valence-corrected chi connectivity index (χ0v) is 18.2. The topological polar surface area (TPSA) is 61.7 Å². The summed E-state index contributed by atoms with van der Waals surface area (Å²) in [5.74, 6) is 0.318. The van der Waals surface area contributed by atoms with Gasteiger partial charge in [0.2, 0.25) is 0 Å². The molecule has 0 heterocycles. The van der Waals surface area contributed by atoms with Crippen molar-refractivity contribution >= 4 is 0 Å². The number of benzene rings is 3. The van der Waals surface area contributed by atoms with Gasteiger partial charge in [-0.15, -0.1) is 0 Å². The summed E-state index contributed by atoms with van der Waals surface area (Å²) >= 11 is 0. The van der Waals surface area contributed by atoms with E-state index in [0.29, 0.717) is 18.0 Å². The Hall–Kier alpha value is -2.89. The Morgan fingerprint density at radius 1 is 0.968 bits per heavy atom. The summed E-state index contributed by atoms with van der Waals surface area (Å²) in [6.07, 6.45) is -0.724. The Morgan fingerprint density at radius 3 is 2.35 bits per heavy atom. The Balaban J connectivity index is 1.55. The van der Waals surface area contributed by atoms with Crippen molar-refractivity contribution in [1.29, 1.82) is 0 Å². The Bertz CT molecular complexity index is 988. The molecule has 3 aromatic rings. The summed E-state index contributed by atoms with van der Waals surface area (Å²) in [6.45, 7) is 6.83. The average molecular weight is 424 g/mol. The van der Waals surface area contributed by atoms with Crippen LogP contribution in [0.2, 0.25) is 0 Å². The van der Waals surface area contributed by atoms with Gasteiger partial charge in [-0.2, -0.15) is 0 Å². The normalized spacial score (nSPS) is 13.2. The number of nitrogens with one attached hydrogen (secondary N) is 1. The third kappa shape index (κ3) is 5.84. The second-order valence-corrected chi connectivity index (χ2v) is 8.01. The van der Waals surface area contributed by atoms with Gasteiger partial charge >= 0.3 is 0 Å². The van der Waals surface area contributed by atoms with Crippen LogP contribution >= 0.6 is 0 Å². The van der Waals surface area contributed by atoms with Gasteiger partial charge in [-0.1, -0.05) is 56.3 Å². The molecule has 0 amide bonds. The SMILES string of the molecule is CC(C)c1ccccc1-c1ccc(OCCN[C@H](C)[C@@H](O)c2ccc(O)cc2)c(F)c1. The average Bonchev–Trinajstić information content (AvgIpc) is 2.77. The first-order valence-corrected chi connectivity index (χ1v) is 10.6. The molecule has 4 nitrogen and oxygen atoms in total. The molecule has 0 unspecified atom stereocenters. The van der Waals surface area contributed by atoms with Crippen LogP contribution in [0.1, 0.15) is 43.9 Å². The van der Waals surface area contributed by atoms with Crippen molar-refractivity contribution in [2.75, 3.05) is 13.2 Å². The number of aliphatic hydroxyl groups excluding tert-OH is 1. The number of phenolic OH excluding ortho intramolecular Hbond substituents is 1. The van der Waals surface area contributed by atoms with E-state index in [2.05, 4.69) is 25.2 Å². The maximum atomic E-state index is 14.6. The van der Waals surface area contributed by atoms with E-state index in [1.165, 1.54) is 11.6 Å². The third-order valence-corrected chi connectivity index (χ3v) is 5.36. The first-order chi connectivity index (χ1) is 14.9. The quantitative estimate of drug-likeness (QED) is 0.403. The van der Waals surface area contributed by atoms with Gasteiger partial charge in [0.15, 0.2) is 11.6 Å². The van der Waals surface area contributed by atoms with Gasteiger partial charge in [0.05, 0.1) is 6.10 Å². The summed E-state index contributed by atoms with van der Waals surface area (Å²) < 4.78 is 20.2. The highest BCUT2D eigenvalue weighted by molar-refractivity contribution is 5.68. The number of halogens is 1. The molecule has 2 atom stereocenters. The van der Waals surface area contributed by atoms with E-state index < -0.39 is 11.9 Å². The number of hydrogen-bond donors (Lipinski definition) is 3. The van der Waals surface area contributed by atoms with Crippen molar-refractivity contribution < 1.29 is 19.3 Å². The van der Waals surface area contributed by atoms with E-state index in [-0.39, 0.29) is 24.1 Å². The van der Waals surface area contributed by atoms with Gasteiger partial charge in [0.25, 0.3) is 0 Å². The van der Waals surface area contributed by atoms with Crippen molar-refractivity contribution in [1.82, 2.24) is 5.32 Å². The molecule has 0 fully saturated rings. The van der Waals surface area contributed by atoms with Crippen LogP contribution < -0.4 is 10.1 Å². The lowest BCUT2D eigenvalue weighted by molar-refractivity contribution is 0.133. The minimum Gasteiger partial charge on any atom is -0.508 e. The first-order valence-electron chi connectivity index (χ1n) is 10.6. The number of phenols is 1. The largest absolute Gasteiger partial charge is 0.508 e. The summed E-state index contributed by atoms with van der Waals surface area (Å²) in [6, 6.07) is 19.3. The predicted molar refractivity (Wildman–Crippen MR) is 122 cm³/mol. The zero-order valence-electron chi connectivity index (χ0n) is 18.2. The lowest BCUT2D eigenvalue weighted by Gasteiger charge is -2.21. The molecular weight excluding hydrogens is 393 g/mol. The van der Waals surface area contributed by atoms with Crippen LogP contribution in [0.4, 0.5) is 4.39 Å². The molecule has 0 aliphatic heterocycles. The number of rotatable bonds is 9. The molecule has 0 aromatic heterocycles. The highest BCUT2D eigenvalue weighted by Gasteiger charge is 2.16. The zero-order chi connectivity index (χ0) is 22.4. The van der Waals surface area contributed by atoms with E-state index >= 15 is 0 Å². The number of aliphatic hydroxyl groups is 1. The van der Waals surface area contributed by atoms with Gasteiger partial charge in [-0.25, -0.2) is 4.39 Å². The molecule has 3 N–H and O–H groups in total. The van der Waals surface area contributed by atoms with E-state index in [4.69, 9.17) is 4.74 Å². The van der Waals surface area contributed by atoms with Gasteiger partial charge < -0.3 is 20.3 Å². The third-order valence-electron chi connectivity index (χ3n) is 5.36. The van der Waals surface area contributed by atoms with Gasteiger partial charge in [0.1, 0.15) is 12.4 Å². The monoisotopic (exact) mass is 423 g/mol. The second kappa shape index (κ2) is 10.4. The molecule has 0 bridgehead atoms. The molecule has 3 aromatic carbocycles. The van der Waals surface area contributed by atoms with Crippen LogP contribution in [0.5, 0.6) is 11.5 Å². The fraction of sp³-hybridized carbons (Fsp3) is 0.308. The molecule has 5 heteroatoms. The number of hydrogen-bond acceptors (Lipinski definition) is 4. The van der Waals surface area contributed by atoms with E-state index in [1.807, 2.05) is 31.2 Å². The Kier molecular flexibility index (Phi) is 7.66. The molecule has 0 saturated heterocycles. The molecule has 0 spiro atoms. The van der Waals surface area contributed by atoms with Crippen LogP contribution in [0.15, 0.2) is 66.7 Å². The van der Waals surface area contributed by atoms with Crippen LogP contribution in [0, 0.1) is 5.82 Å². The molecule has 0 saturated carbocycles. The van der Waals surface area contributed by atoms with Crippen LogP contribution in [-0.4, -0.2) is 29.4 Å². The van der Waals surface area contributed by atoms with Gasteiger partial charge in [-0.05, 0) is 59.4 Å². The van der Waals surface area contributed by atoms with Crippen molar-refractivity contribution in [3.8, 4) is 22.6 Å².